The second-order valence-corrected chi connectivity index (χ2v) is 8.04. The second kappa shape index (κ2) is 7.56. The Morgan fingerprint density at radius 3 is 2.32 bits per heavy atom. The molecule has 1 aromatic carbocycles. The van der Waals surface area contributed by atoms with Crippen LogP contribution in [0, 0.1) is 5.92 Å². The Labute approximate surface area is 149 Å². The molecule has 0 saturated heterocycles. The molecule has 0 radical (unpaired) electrons. The second-order valence-electron chi connectivity index (χ2n) is 6.21. The van der Waals surface area contributed by atoms with Crippen molar-refractivity contribution >= 4 is 21.8 Å². The van der Waals surface area contributed by atoms with Crippen LogP contribution in [0.3, 0.4) is 0 Å². The first-order valence-electron chi connectivity index (χ1n) is 8.82. The van der Waals surface area contributed by atoms with E-state index >= 15 is 0 Å². The van der Waals surface area contributed by atoms with Crippen molar-refractivity contribution in [3.05, 3.63) is 29.3 Å². The first-order chi connectivity index (χ1) is 11.8. The van der Waals surface area contributed by atoms with E-state index in [0.29, 0.717) is 24.6 Å². The fraction of sp³-hybridized carbons (Fsp3) is 0.556. The minimum atomic E-state index is -3.85. The van der Waals surface area contributed by atoms with E-state index in [-0.39, 0.29) is 22.9 Å². The van der Waals surface area contributed by atoms with Crippen LogP contribution in [0.5, 0.6) is 0 Å². The summed E-state index contributed by atoms with van der Waals surface area (Å²) in [5.74, 6) is -0.310. The summed E-state index contributed by atoms with van der Waals surface area (Å²) in [6.07, 6.45) is 1.97. The van der Waals surface area contributed by atoms with Gasteiger partial charge in [0.15, 0.2) is 0 Å². The average Bonchev–Trinajstić information content (AvgIpc) is 2.81. The molecule has 0 aliphatic carbocycles. The molecule has 0 bridgehead atoms. The summed E-state index contributed by atoms with van der Waals surface area (Å²) < 4.78 is 25.8. The summed E-state index contributed by atoms with van der Waals surface area (Å²) >= 11 is 0. The highest BCUT2D eigenvalue weighted by atomic mass is 32.2. The number of hydrogen-bond acceptors (Lipinski definition) is 4. The molecule has 1 aromatic rings. The number of benzene rings is 1. The number of carbonyl (C=O) groups excluding carboxylic acids is 2. The summed E-state index contributed by atoms with van der Waals surface area (Å²) in [6.45, 7) is 8.99. The molecule has 0 unspecified atom stereocenters. The zero-order chi connectivity index (χ0) is 18.8. The maximum Gasteiger partial charge on any atom is 0.268 e. The van der Waals surface area contributed by atoms with Crippen LogP contribution in [0.25, 0.3) is 0 Å². The molecule has 25 heavy (non-hydrogen) atoms. The predicted octanol–water partition coefficient (Wildman–Crippen LogP) is 2.75. The van der Waals surface area contributed by atoms with Gasteiger partial charge in [-0.3, -0.25) is 9.59 Å². The first kappa shape index (κ1) is 19.4. The highest BCUT2D eigenvalue weighted by Gasteiger charge is 2.40. The zero-order valence-electron chi connectivity index (χ0n) is 15.3. The van der Waals surface area contributed by atoms with Gasteiger partial charge in [-0.25, -0.2) is 12.7 Å². The van der Waals surface area contributed by atoms with Crippen molar-refractivity contribution < 1.29 is 18.0 Å². The van der Waals surface area contributed by atoms with Crippen LogP contribution in [0.2, 0.25) is 0 Å². The molecule has 0 aromatic heterocycles. The molecule has 1 heterocycles. The molecule has 0 fully saturated rings. The minimum Gasteiger partial charge on any atom is -0.339 e. The fourth-order valence-corrected chi connectivity index (χ4v) is 4.72. The van der Waals surface area contributed by atoms with Crippen LogP contribution >= 0.6 is 0 Å². The Hall–Kier alpha value is -1.89. The van der Waals surface area contributed by atoms with Gasteiger partial charge in [0.25, 0.3) is 21.8 Å². The summed E-state index contributed by atoms with van der Waals surface area (Å²) in [6, 6.07) is 4.34. The van der Waals surface area contributed by atoms with Gasteiger partial charge in [-0.05, 0) is 38.0 Å². The molecule has 7 heteroatoms. The van der Waals surface area contributed by atoms with E-state index in [1.54, 1.807) is 17.9 Å². The normalized spacial score (nSPS) is 15.6. The number of carbonyl (C=O) groups is 2. The topological polar surface area (TPSA) is 74.8 Å². The van der Waals surface area contributed by atoms with Crippen LogP contribution in [0.1, 0.15) is 61.3 Å². The third-order valence-corrected chi connectivity index (χ3v) is 6.74. The number of rotatable bonds is 7. The van der Waals surface area contributed by atoms with Crippen LogP contribution in [-0.4, -0.2) is 49.1 Å². The third-order valence-electron chi connectivity index (χ3n) is 4.84. The van der Waals surface area contributed by atoms with Gasteiger partial charge in [0.05, 0.1) is 5.56 Å². The van der Waals surface area contributed by atoms with Gasteiger partial charge in [0.1, 0.15) is 4.90 Å². The lowest BCUT2D eigenvalue weighted by atomic mass is 10.0. The SMILES string of the molecule is CCC(CC)CN(CC)C(=O)c1ccc2c(c1)S(=O)(=O)N(CC)C2=O. The summed E-state index contributed by atoms with van der Waals surface area (Å²) in [5, 5.41) is 0. The maximum absolute atomic E-state index is 12.8. The van der Waals surface area contributed by atoms with Crippen LogP contribution in [0.4, 0.5) is 0 Å². The molecule has 0 saturated carbocycles. The molecule has 2 rings (SSSR count). The van der Waals surface area contributed by atoms with E-state index in [1.165, 1.54) is 12.1 Å². The zero-order valence-corrected chi connectivity index (χ0v) is 16.1. The van der Waals surface area contributed by atoms with E-state index in [1.807, 2.05) is 6.92 Å². The lowest BCUT2D eigenvalue weighted by Gasteiger charge is -2.25. The molecule has 0 N–H and O–H groups in total. The Morgan fingerprint density at radius 1 is 1.16 bits per heavy atom. The molecule has 0 atom stereocenters. The Morgan fingerprint density at radius 2 is 1.80 bits per heavy atom. The number of fused-ring (bicyclic) bond motifs is 1. The molecular weight excluding hydrogens is 340 g/mol. The third kappa shape index (κ3) is 3.42. The Balaban J connectivity index is 2.37. The van der Waals surface area contributed by atoms with E-state index in [0.717, 1.165) is 17.1 Å². The standard InChI is InChI=1S/C18H26N2O4S/c1-5-13(6-2)12-19(7-3)17(21)14-9-10-15-16(11-14)25(23,24)20(8-4)18(15)22/h9-11,13H,5-8,12H2,1-4H3. The lowest BCUT2D eigenvalue weighted by molar-refractivity contribution is 0.0733. The molecule has 6 nitrogen and oxygen atoms in total. The molecule has 138 valence electrons. The molecule has 1 aliphatic heterocycles. The van der Waals surface area contributed by atoms with Crippen molar-refractivity contribution in [3.63, 3.8) is 0 Å². The van der Waals surface area contributed by atoms with Gasteiger partial charge in [-0.1, -0.05) is 26.7 Å². The summed E-state index contributed by atoms with van der Waals surface area (Å²) in [4.78, 5) is 26.7. The van der Waals surface area contributed by atoms with Crippen molar-refractivity contribution in [1.82, 2.24) is 9.21 Å². The van der Waals surface area contributed by atoms with Gasteiger partial charge in [-0.2, -0.15) is 0 Å². The van der Waals surface area contributed by atoms with Crippen LogP contribution < -0.4 is 0 Å². The highest BCUT2D eigenvalue weighted by Crippen LogP contribution is 2.31. The molecular formula is C18H26N2O4S. The van der Waals surface area contributed by atoms with Crippen molar-refractivity contribution in [2.24, 2.45) is 5.92 Å². The van der Waals surface area contributed by atoms with Crippen molar-refractivity contribution in [2.45, 2.75) is 45.4 Å². The van der Waals surface area contributed by atoms with Crippen molar-refractivity contribution in [3.8, 4) is 0 Å². The maximum atomic E-state index is 12.8. The van der Waals surface area contributed by atoms with Gasteiger partial charge in [-0.15, -0.1) is 0 Å². The Kier molecular flexibility index (Phi) is 5.87. The molecule has 0 spiro atoms. The van der Waals surface area contributed by atoms with Crippen LogP contribution in [-0.2, 0) is 10.0 Å². The largest absolute Gasteiger partial charge is 0.339 e. The van der Waals surface area contributed by atoms with E-state index in [2.05, 4.69) is 13.8 Å². The van der Waals surface area contributed by atoms with E-state index < -0.39 is 15.9 Å². The fourth-order valence-electron chi connectivity index (χ4n) is 3.12. The average molecular weight is 366 g/mol. The summed E-state index contributed by atoms with van der Waals surface area (Å²) in [7, 11) is -3.85. The number of hydrogen-bond donors (Lipinski definition) is 0. The lowest BCUT2D eigenvalue weighted by Crippen LogP contribution is -2.35. The van der Waals surface area contributed by atoms with Crippen molar-refractivity contribution in [2.75, 3.05) is 19.6 Å². The van der Waals surface area contributed by atoms with E-state index in [4.69, 9.17) is 0 Å². The quantitative estimate of drug-likeness (QED) is 0.744. The number of nitrogens with zero attached hydrogens (tertiary/aromatic N) is 2. The predicted molar refractivity (Wildman–Crippen MR) is 96.0 cm³/mol. The van der Waals surface area contributed by atoms with Crippen LogP contribution in [0.15, 0.2) is 23.1 Å². The number of amides is 2. The first-order valence-corrected chi connectivity index (χ1v) is 10.3. The minimum absolute atomic E-state index is 0.0659. The molecule has 1 aliphatic rings. The van der Waals surface area contributed by atoms with Crippen molar-refractivity contribution in [1.29, 1.82) is 0 Å². The number of sulfonamides is 1. The summed E-state index contributed by atoms with van der Waals surface area (Å²) in [5.41, 5.74) is 0.447. The van der Waals surface area contributed by atoms with E-state index in [9.17, 15) is 18.0 Å². The highest BCUT2D eigenvalue weighted by molar-refractivity contribution is 7.90. The van der Waals surface area contributed by atoms with Gasteiger partial charge < -0.3 is 4.90 Å². The molecule has 2 amide bonds. The Bertz CT molecular complexity index is 769. The monoisotopic (exact) mass is 366 g/mol. The van der Waals surface area contributed by atoms with Gasteiger partial charge >= 0.3 is 0 Å². The smallest absolute Gasteiger partial charge is 0.268 e. The van der Waals surface area contributed by atoms with Gasteiger partial charge in [0, 0.05) is 25.2 Å². The van der Waals surface area contributed by atoms with Gasteiger partial charge in [0.2, 0.25) is 0 Å².